The quantitative estimate of drug-likeness (QED) is 0.837. The van der Waals surface area contributed by atoms with Gasteiger partial charge in [0.15, 0.2) is 11.5 Å². The van der Waals surface area contributed by atoms with Crippen LogP contribution in [0.1, 0.15) is 22.3 Å². The number of carbonyl (C=O) groups is 2. The lowest BCUT2D eigenvalue weighted by molar-refractivity contribution is -0.122. The predicted octanol–water partition coefficient (Wildman–Crippen LogP) is 2.46. The summed E-state index contributed by atoms with van der Waals surface area (Å²) in [4.78, 5) is 29.7. The number of carbonyl (C=O) groups excluding carboxylic acids is 2. The summed E-state index contributed by atoms with van der Waals surface area (Å²) >= 11 is 0. The molecular formula is C21H22N2O4. The van der Waals surface area contributed by atoms with Crippen molar-refractivity contribution in [2.24, 2.45) is 0 Å². The summed E-state index contributed by atoms with van der Waals surface area (Å²) in [5, 5.41) is 0. The van der Waals surface area contributed by atoms with Crippen LogP contribution in [0.25, 0.3) is 0 Å². The summed E-state index contributed by atoms with van der Waals surface area (Å²) in [6.07, 6.45) is 0.616. The van der Waals surface area contributed by atoms with Gasteiger partial charge in [0.05, 0.1) is 25.2 Å². The van der Waals surface area contributed by atoms with Crippen molar-refractivity contribution in [2.45, 2.75) is 11.8 Å². The first-order valence-electron chi connectivity index (χ1n) is 8.91. The number of nitrogens with zero attached hydrogens (tertiary/aromatic N) is 2. The zero-order chi connectivity index (χ0) is 19.2. The molecule has 0 aliphatic carbocycles. The average molecular weight is 366 g/mol. The molecule has 140 valence electrons. The number of likely N-dealkylation sites (tertiary alicyclic amines) is 1. The number of para-hydroxylation sites is 2. The fraction of sp³-hybridized carbons (Fsp3) is 0.333. The molecule has 4 rings (SSSR count). The van der Waals surface area contributed by atoms with Crippen molar-refractivity contribution >= 4 is 17.5 Å². The molecule has 6 heteroatoms. The van der Waals surface area contributed by atoms with Gasteiger partial charge in [-0.05, 0) is 30.2 Å². The van der Waals surface area contributed by atoms with E-state index < -0.39 is 5.41 Å². The topological polar surface area (TPSA) is 59.1 Å². The lowest BCUT2D eigenvalue weighted by atomic mass is 9.81. The molecule has 1 spiro atoms. The van der Waals surface area contributed by atoms with Crippen LogP contribution in [0.15, 0.2) is 42.5 Å². The molecule has 0 radical (unpaired) electrons. The summed E-state index contributed by atoms with van der Waals surface area (Å²) in [5.74, 6) is 0.833. The Hall–Kier alpha value is -3.02. The molecule has 2 aromatic rings. The van der Waals surface area contributed by atoms with Gasteiger partial charge in [-0.2, -0.15) is 0 Å². The maximum Gasteiger partial charge on any atom is 0.257 e. The van der Waals surface area contributed by atoms with Crippen molar-refractivity contribution < 1.29 is 19.1 Å². The Morgan fingerprint density at radius 3 is 2.59 bits per heavy atom. The molecule has 2 aliphatic rings. The number of ether oxygens (including phenoxy) is 2. The van der Waals surface area contributed by atoms with Crippen LogP contribution in [0.3, 0.4) is 0 Å². The summed E-state index contributed by atoms with van der Waals surface area (Å²) in [6, 6.07) is 13.1. The van der Waals surface area contributed by atoms with Crippen molar-refractivity contribution in [3.63, 3.8) is 0 Å². The van der Waals surface area contributed by atoms with E-state index in [0.29, 0.717) is 36.6 Å². The maximum atomic E-state index is 13.2. The monoisotopic (exact) mass is 366 g/mol. The Bertz CT molecular complexity index is 926. The number of rotatable bonds is 3. The van der Waals surface area contributed by atoms with Crippen LogP contribution in [0.2, 0.25) is 0 Å². The normalized spacial score (nSPS) is 20.9. The minimum atomic E-state index is -0.660. The third kappa shape index (κ3) is 2.40. The molecule has 2 aliphatic heterocycles. The van der Waals surface area contributed by atoms with Crippen molar-refractivity contribution in [1.82, 2.24) is 4.90 Å². The third-order valence-electron chi connectivity index (χ3n) is 5.68. The average Bonchev–Trinajstić information content (AvgIpc) is 3.25. The first kappa shape index (κ1) is 17.4. The van der Waals surface area contributed by atoms with Crippen molar-refractivity contribution in [3.8, 4) is 11.5 Å². The van der Waals surface area contributed by atoms with E-state index >= 15 is 0 Å². The van der Waals surface area contributed by atoms with Gasteiger partial charge >= 0.3 is 0 Å². The fourth-order valence-electron chi connectivity index (χ4n) is 4.32. The molecule has 27 heavy (non-hydrogen) atoms. The first-order valence-corrected chi connectivity index (χ1v) is 8.91. The van der Waals surface area contributed by atoms with E-state index in [0.717, 1.165) is 11.3 Å². The number of hydrogen-bond donors (Lipinski definition) is 0. The summed E-state index contributed by atoms with van der Waals surface area (Å²) in [6.45, 7) is 0.888. The Morgan fingerprint density at radius 2 is 1.85 bits per heavy atom. The fourth-order valence-corrected chi connectivity index (χ4v) is 4.32. The number of hydrogen-bond acceptors (Lipinski definition) is 4. The van der Waals surface area contributed by atoms with Crippen molar-refractivity contribution in [3.05, 3.63) is 53.6 Å². The van der Waals surface area contributed by atoms with Crippen LogP contribution in [0.4, 0.5) is 5.69 Å². The van der Waals surface area contributed by atoms with E-state index in [1.165, 1.54) is 7.11 Å². The zero-order valence-corrected chi connectivity index (χ0v) is 15.7. The Labute approximate surface area is 158 Å². The van der Waals surface area contributed by atoms with E-state index in [-0.39, 0.29) is 11.8 Å². The van der Waals surface area contributed by atoms with Crippen LogP contribution in [0, 0.1) is 0 Å². The van der Waals surface area contributed by atoms with Crippen LogP contribution in [-0.2, 0) is 10.2 Å². The van der Waals surface area contributed by atoms with Crippen LogP contribution < -0.4 is 14.4 Å². The van der Waals surface area contributed by atoms with Crippen molar-refractivity contribution in [1.29, 1.82) is 0 Å². The van der Waals surface area contributed by atoms with Crippen molar-refractivity contribution in [2.75, 3.05) is 39.3 Å². The van der Waals surface area contributed by atoms with E-state index in [9.17, 15) is 9.59 Å². The van der Waals surface area contributed by atoms with Gasteiger partial charge in [0.1, 0.15) is 0 Å². The lowest BCUT2D eigenvalue weighted by Crippen LogP contribution is -2.42. The molecule has 1 saturated heterocycles. The van der Waals surface area contributed by atoms with Gasteiger partial charge in [0.2, 0.25) is 5.91 Å². The summed E-state index contributed by atoms with van der Waals surface area (Å²) in [7, 11) is 4.86. The predicted molar refractivity (Wildman–Crippen MR) is 102 cm³/mol. The number of anilines is 1. The van der Waals surface area contributed by atoms with Gasteiger partial charge < -0.3 is 19.3 Å². The SMILES string of the molecule is COc1cccc(C(=O)N2CC[C@@]3(C2)C(=O)N(C)c2ccccc23)c1OC. The van der Waals surface area contributed by atoms with Gasteiger partial charge in [0.25, 0.3) is 5.91 Å². The molecule has 2 amide bonds. The first-order chi connectivity index (χ1) is 13.0. The second-order valence-electron chi connectivity index (χ2n) is 6.98. The third-order valence-corrected chi connectivity index (χ3v) is 5.68. The van der Waals surface area contributed by atoms with Crippen LogP contribution in [0.5, 0.6) is 11.5 Å². The van der Waals surface area contributed by atoms with Gasteiger partial charge in [0, 0.05) is 25.8 Å². The highest BCUT2D eigenvalue weighted by molar-refractivity contribution is 6.09. The summed E-state index contributed by atoms with van der Waals surface area (Å²) < 4.78 is 10.7. The Morgan fingerprint density at radius 1 is 1.07 bits per heavy atom. The number of likely N-dealkylation sites (N-methyl/N-ethyl adjacent to an activating group) is 1. The molecule has 2 heterocycles. The molecule has 0 bridgehead atoms. The highest BCUT2D eigenvalue weighted by Crippen LogP contribution is 2.47. The van der Waals surface area contributed by atoms with E-state index in [4.69, 9.17) is 9.47 Å². The minimum Gasteiger partial charge on any atom is -0.493 e. The Balaban J connectivity index is 1.68. The molecule has 0 saturated carbocycles. The highest BCUT2D eigenvalue weighted by Gasteiger charge is 2.54. The lowest BCUT2D eigenvalue weighted by Gasteiger charge is -2.24. The number of benzene rings is 2. The molecule has 6 nitrogen and oxygen atoms in total. The van der Waals surface area contributed by atoms with Gasteiger partial charge in [-0.3, -0.25) is 9.59 Å². The van der Waals surface area contributed by atoms with Crippen LogP contribution in [-0.4, -0.2) is 51.1 Å². The number of fused-ring (bicyclic) bond motifs is 2. The standard InChI is InChI=1S/C21H22N2O4/c1-22-16-9-5-4-8-15(16)21(20(22)25)11-12-23(13-21)19(24)14-7-6-10-17(26-2)18(14)27-3/h4-10H,11-13H2,1-3H3/t21-/m0/s1. The Kier molecular flexibility index (Phi) is 4.06. The van der Waals surface area contributed by atoms with Gasteiger partial charge in [-0.25, -0.2) is 0 Å². The van der Waals surface area contributed by atoms with Gasteiger partial charge in [-0.1, -0.05) is 24.3 Å². The molecule has 1 atom stereocenters. The molecule has 0 aromatic heterocycles. The zero-order valence-electron chi connectivity index (χ0n) is 15.7. The smallest absolute Gasteiger partial charge is 0.257 e. The second kappa shape index (κ2) is 6.30. The molecule has 0 unspecified atom stereocenters. The van der Waals surface area contributed by atoms with Gasteiger partial charge in [-0.15, -0.1) is 0 Å². The van der Waals surface area contributed by atoms with E-state index in [1.807, 2.05) is 24.3 Å². The second-order valence-corrected chi connectivity index (χ2v) is 6.98. The van der Waals surface area contributed by atoms with Crippen LogP contribution >= 0.6 is 0 Å². The molecule has 2 aromatic carbocycles. The van der Waals surface area contributed by atoms with E-state index in [2.05, 4.69) is 0 Å². The molecular weight excluding hydrogens is 344 g/mol. The largest absolute Gasteiger partial charge is 0.493 e. The number of amides is 2. The molecule has 1 fully saturated rings. The van der Waals surface area contributed by atoms with E-state index in [1.54, 1.807) is 42.2 Å². The summed E-state index contributed by atoms with van der Waals surface area (Å²) in [5.41, 5.74) is 1.72. The maximum absolute atomic E-state index is 13.2. The highest BCUT2D eigenvalue weighted by atomic mass is 16.5. The molecule has 0 N–H and O–H groups in total. The minimum absolute atomic E-state index is 0.0524. The number of methoxy groups -OCH3 is 2.